The summed E-state index contributed by atoms with van der Waals surface area (Å²) in [4.78, 5) is 24.7. The Kier molecular flexibility index (Phi) is 6.42. The van der Waals surface area contributed by atoms with E-state index >= 15 is 0 Å². The number of halogens is 1. The molecule has 0 spiro atoms. The van der Waals surface area contributed by atoms with Crippen LogP contribution in [0.15, 0.2) is 12.1 Å². The van der Waals surface area contributed by atoms with Gasteiger partial charge in [-0.15, -0.1) is 0 Å². The molecule has 0 saturated heterocycles. The molecule has 0 atom stereocenters. The fraction of sp³-hybridized carbons (Fsp3) is 0.529. The fourth-order valence-corrected chi connectivity index (χ4v) is 2.42. The monoisotopic (exact) mass is 324 g/mol. The first kappa shape index (κ1) is 18.5. The number of hydrogen-bond donors (Lipinski definition) is 2. The zero-order valence-corrected chi connectivity index (χ0v) is 14.7. The number of anilines is 1. The molecule has 1 aromatic rings. The van der Waals surface area contributed by atoms with E-state index in [2.05, 4.69) is 10.6 Å². The van der Waals surface area contributed by atoms with Gasteiger partial charge >= 0.3 is 0 Å². The van der Waals surface area contributed by atoms with Crippen LogP contribution in [0.4, 0.5) is 5.69 Å². The Morgan fingerprint density at radius 3 is 2.36 bits per heavy atom. The summed E-state index contributed by atoms with van der Waals surface area (Å²) in [5, 5.41) is 6.06. The number of carbonyl (C=O) groups excluding carboxylic acids is 2. The van der Waals surface area contributed by atoms with Gasteiger partial charge in [-0.25, -0.2) is 0 Å². The molecule has 1 aromatic carbocycles. The molecule has 0 radical (unpaired) electrons. The molecular formula is C17H25ClN2O2. The highest BCUT2D eigenvalue weighted by molar-refractivity contribution is 6.34. The Balaban J connectivity index is 2.85. The van der Waals surface area contributed by atoms with Gasteiger partial charge in [0.1, 0.15) is 5.41 Å². The predicted octanol–water partition coefficient (Wildman–Crippen LogP) is 3.84. The molecule has 0 fully saturated rings. The number of benzene rings is 1. The molecule has 2 amide bonds. The molecular weight excluding hydrogens is 300 g/mol. The smallest absolute Gasteiger partial charge is 0.239 e. The van der Waals surface area contributed by atoms with Crippen molar-refractivity contribution in [2.24, 2.45) is 5.41 Å². The quantitative estimate of drug-likeness (QED) is 0.617. The maximum atomic E-state index is 12.5. The molecule has 0 saturated carbocycles. The number of rotatable bonds is 6. The molecule has 122 valence electrons. The van der Waals surface area contributed by atoms with Crippen molar-refractivity contribution in [2.45, 2.75) is 47.5 Å². The van der Waals surface area contributed by atoms with Gasteiger partial charge in [-0.3, -0.25) is 9.59 Å². The number of amides is 2. The highest BCUT2D eigenvalue weighted by Gasteiger charge is 2.36. The second-order valence-corrected chi connectivity index (χ2v) is 6.53. The predicted molar refractivity (Wildman–Crippen MR) is 91.3 cm³/mol. The summed E-state index contributed by atoms with van der Waals surface area (Å²) in [5.41, 5.74) is 1.30. The van der Waals surface area contributed by atoms with Crippen molar-refractivity contribution in [3.63, 3.8) is 0 Å². The maximum absolute atomic E-state index is 12.5. The van der Waals surface area contributed by atoms with Gasteiger partial charge in [-0.05, 0) is 51.3 Å². The molecule has 4 nitrogen and oxygen atoms in total. The molecule has 1 rings (SSSR count). The van der Waals surface area contributed by atoms with Crippen LogP contribution < -0.4 is 10.6 Å². The first-order valence-electron chi connectivity index (χ1n) is 7.56. The van der Waals surface area contributed by atoms with E-state index in [0.717, 1.165) is 24.0 Å². The van der Waals surface area contributed by atoms with Crippen LogP contribution in [0.2, 0.25) is 5.02 Å². The summed E-state index contributed by atoms with van der Waals surface area (Å²) >= 11 is 6.20. The minimum Gasteiger partial charge on any atom is -0.355 e. The second-order valence-electron chi connectivity index (χ2n) is 6.13. The van der Waals surface area contributed by atoms with Crippen LogP contribution in [0.25, 0.3) is 0 Å². The lowest BCUT2D eigenvalue weighted by Crippen LogP contribution is -2.45. The molecule has 22 heavy (non-hydrogen) atoms. The third-order valence-corrected chi connectivity index (χ3v) is 3.92. The first-order chi connectivity index (χ1) is 10.2. The normalized spacial score (nSPS) is 11.2. The molecule has 0 aliphatic heterocycles. The summed E-state index contributed by atoms with van der Waals surface area (Å²) in [7, 11) is 0. The highest BCUT2D eigenvalue weighted by Crippen LogP contribution is 2.29. The van der Waals surface area contributed by atoms with Crippen LogP contribution >= 0.6 is 11.6 Å². The van der Waals surface area contributed by atoms with Gasteiger partial charge < -0.3 is 10.6 Å². The van der Waals surface area contributed by atoms with E-state index in [-0.39, 0.29) is 11.8 Å². The van der Waals surface area contributed by atoms with Crippen LogP contribution in [0.3, 0.4) is 0 Å². The average Bonchev–Trinajstić information content (AvgIpc) is 2.42. The van der Waals surface area contributed by atoms with E-state index in [0.29, 0.717) is 17.3 Å². The Bertz CT molecular complexity index is 545. The lowest BCUT2D eigenvalue weighted by Gasteiger charge is -2.23. The summed E-state index contributed by atoms with van der Waals surface area (Å²) < 4.78 is 0. The standard InChI is InChI=1S/C17H25ClN2O2/c1-6-7-8-19-15(21)17(4,5)16(22)20-14-12(3)9-11(2)10-13(14)18/h9-10H,6-8H2,1-5H3,(H,19,21)(H,20,22). The van der Waals surface area contributed by atoms with Crippen LogP contribution in [-0.4, -0.2) is 18.4 Å². The van der Waals surface area contributed by atoms with E-state index in [9.17, 15) is 9.59 Å². The molecule has 5 heteroatoms. The van der Waals surface area contributed by atoms with E-state index in [1.807, 2.05) is 26.8 Å². The second kappa shape index (κ2) is 7.63. The lowest BCUT2D eigenvalue weighted by atomic mass is 9.90. The van der Waals surface area contributed by atoms with Crippen LogP contribution in [0.1, 0.15) is 44.7 Å². The van der Waals surface area contributed by atoms with Gasteiger partial charge in [0.25, 0.3) is 0 Å². The molecule has 0 aliphatic carbocycles. The van der Waals surface area contributed by atoms with Crippen molar-refractivity contribution >= 4 is 29.1 Å². The van der Waals surface area contributed by atoms with Crippen molar-refractivity contribution in [1.82, 2.24) is 5.32 Å². The minimum absolute atomic E-state index is 0.278. The molecule has 0 bridgehead atoms. The number of unbranched alkanes of at least 4 members (excludes halogenated alkanes) is 1. The van der Waals surface area contributed by atoms with Crippen molar-refractivity contribution in [3.05, 3.63) is 28.3 Å². The molecule has 0 unspecified atom stereocenters. The third-order valence-electron chi connectivity index (χ3n) is 3.62. The number of aryl methyl sites for hydroxylation is 2. The van der Waals surface area contributed by atoms with Crippen LogP contribution in [0.5, 0.6) is 0 Å². The lowest BCUT2D eigenvalue weighted by molar-refractivity contribution is -0.138. The Labute approximate surface area is 137 Å². The SMILES string of the molecule is CCCCNC(=O)C(C)(C)C(=O)Nc1c(C)cc(C)cc1Cl. The van der Waals surface area contributed by atoms with E-state index in [1.54, 1.807) is 19.9 Å². The topological polar surface area (TPSA) is 58.2 Å². The Morgan fingerprint density at radius 2 is 1.82 bits per heavy atom. The third kappa shape index (κ3) is 4.47. The van der Waals surface area contributed by atoms with Gasteiger partial charge in [-0.2, -0.15) is 0 Å². The van der Waals surface area contributed by atoms with Gasteiger partial charge in [0.15, 0.2) is 0 Å². The Morgan fingerprint density at radius 1 is 1.18 bits per heavy atom. The Hall–Kier alpha value is -1.55. The van der Waals surface area contributed by atoms with Crippen molar-refractivity contribution < 1.29 is 9.59 Å². The van der Waals surface area contributed by atoms with Crippen LogP contribution in [0, 0.1) is 19.3 Å². The van der Waals surface area contributed by atoms with Crippen LogP contribution in [-0.2, 0) is 9.59 Å². The molecule has 0 aromatic heterocycles. The van der Waals surface area contributed by atoms with Crippen molar-refractivity contribution in [1.29, 1.82) is 0 Å². The molecule has 2 N–H and O–H groups in total. The van der Waals surface area contributed by atoms with Crippen molar-refractivity contribution in [2.75, 3.05) is 11.9 Å². The first-order valence-corrected chi connectivity index (χ1v) is 7.94. The van der Waals surface area contributed by atoms with E-state index in [4.69, 9.17) is 11.6 Å². The number of carbonyl (C=O) groups is 2. The molecule has 0 heterocycles. The summed E-state index contributed by atoms with van der Waals surface area (Å²) in [6, 6.07) is 3.73. The number of nitrogens with one attached hydrogen (secondary N) is 2. The van der Waals surface area contributed by atoms with E-state index in [1.165, 1.54) is 0 Å². The number of hydrogen-bond acceptors (Lipinski definition) is 2. The van der Waals surface area contributed by atoms with E-state index < -0.39 is 5.41 Å². The minimum atomic E-state index is -1.16. The zero-order valence-electron chi connectivity index (χ0n) is 14.0. The van der Waals surface area contributed by atoms with Gasteiger partial charge in [0.05, 0.1) is 10.7 Å². The highest BCUT2D eigenvalue weighted by atomic mass is 35.5. The fourth-order valence-electron chi connectivity index (χ4n) is 2.05. The largest absolute Gasteiger partial charge is 0.355 e. The van der Waals surface area contributed by atoms with Gasteiger partial charge in [0.2, 0.25) is 11.8 Å². The summed E-state index contributed by atoms with van der Waals surface area (Å²) in [5.74, 6) is -0.644. The maximum Gasteiger partial charge on any atom is 0.239 e. The summed E-state index contributed by atoms with van der Waals surface area (Å²) in [6.07, 6.45) is 1.89. The molecule has 0 aliphatic rings. The van der Waals surface area contributed by atoms with Crippen molar-refractivity contribution in [3.8, 4) is 0 Å². The summed E-state index contributed by atoms with van der Waals surface area (Å²) in [6.45, 7) is 9.67. The average molecular weight is 325 g/mol. The van der Waals surface area contributed by atoms with Gasteiger partial charge in [0, 0.05) is 6.54 Å². The zero-order chi connectivity index (χ0) is 16.9. The van der Waals surface area contributed by atoms with Gasteiger partial charge in [-0.1, -0.05) is 31.0 Å².